The van der Waals surface area contributed by atoms with Crippen molar-refractivity contribution in [2.75, 3.05) is 0 Å². The third-order valence-corrected chi connectivity index (χ3v) is 2.30. The van der Waals surface area contributed by atoms with Crippen LogP contribution in [0.2, 0.25) is 0 Å². The standard InChI is InChI=1S/C10H11NO2/c12-10(11-13)9-3-1-2-8(6-9)7-4-5-7/h1-3,6-7,13H,4-5H2,(H,11,12). The summed E-state index contributed by atoms with van der Waals surface area (Å²) in [6, 6.07) is 7.39. The van der Waals surface area contributed by atoms with E-state index >= 15 is 0 Å². The molecule has 3 nitrogen and oxygen atoms in total. The molecule has 1 fully saturated rings. The van der Waals surface area contributed by atoms with E-state index in [9.17, 15) is 4.79 Å². The van der Waals surface area contributed by atoms with Gasteiger partial charge in [0.25, 0.3) is 5.91 Å². The third-order valence-electron chi connectivity index (χ3n) is 2.30. The van der Waals surface area contributed by atoms with Crippen LogP contribution < -0.4 is 5.48 Å². The fourth-order valence-corrected chi connectivity index (χ4v) is 1.42. The van der Waals surface area contributed by atoms with Crippen LogP contribution in [0.3, 0.4) is 0 Å². The number of hydroxylamine groups is 1. The summed E-state index contributed by atoms with van der Waals surface area (Å²) in [5.41, 5.74) is 3.34. The van der Waals surface area contributed by atoms with Crippen LogP contribution in [0.4, 0.5) is 0 Å². The Morgan fingerprint density at radius 3 is 2.85 bits per heavy atom. The smallest absolute Gasteiger partial charge is 0.274 e. The summed E-state index contributed by atoms with van der Waals surface area (Å²) < 4.78 is 0. The van der Waals surface area contributed by atoms with Gasteiger partial charge in [0.2, 0.25) is 0 Å². The Morgan fingerprint density at radius 1 is 1.46 bits per heavy atom. The van der Waals surface area contributed by atoms with Crippen molar-refractivity contribution in [1.29, 1.82) is 0 Å². The maximum absolute atomic E-state index is 11.0. The van der Waals surface area contributed by atoms with Crippen LogP contribution in [-0.4, -0.2) is 11.1 Å². The Kier molecular flexibility index (Phi) is 2.02. The number of carbonyl (C=O) groups excluding carboxylic acids is 1. The van der Waals surface area contributed by atoms with Crippen LogP contribution in [0.15, 0.2) is 24.3 Å². The van der Waals surface area contributed by atoms with Crippen molar-refractivity contribution in [2.24, 2.45) is 0 Å². The second kappa shape index (κ2) is 3.18. The zero-order valence-corrected chi connectivity index (χ0v) is 7.16. The van der Waals surface area contributed by atoms with Gasteiger partial charge in [0.15, 0.2) is 0 Å². The van der Waals surface area contributed by atoms with Crippen molar-refractivity contribution >= 4 is 5.91 Å². The fourth-order valence-electron chi connectivity index (χ4n) is 1.42. The monoisotopic (exact) mass is 177 g/mol. The Labute approximate surface area is 76.3 Å². The van der Waals surface area contributed by atoms with E-state index < -0.39 is 5.91 Å². The minimum absolute atomic E-state index is 0.442. The Balaban J connectivity index is 2.26. The first-order valence-electron chi connectivity index (χ1n) is 4.35. The Hall–Kier alpha value is -1.35. The minimum Gasteiger partial charge on any atom is -0.288 e. The largest absolute Gasteiger partial charge is 0.288 e. The highest BCUT2D eigenvalue weighted by Crippen LogP contribution is 2.40. The molecular formula is C10H11NO2. The number of hydrogen-bond acceptors (Lipinski definition) is 2. The van der Waals surface area contributed by atoms with E-state index in [2.05, 4.69) is 0 Å². The molecule has 1 aliphatic rings. The van der Waals surface area contributed by atoms with E-state index in [0.717, 1.165) is 0 Å². The molecule has 0 heterocycles. The molecule has 68 valence electrons. The van der Waals surface area contributed by atoms with Crippen LogP contribution in [0.1, 0.15) is 34.7 Å². The molecule has 0 radical (unpaired) electrons. The van der Waals surface area contributed by atoms with Gasteiger partial charge in [0.05, 0.1) is 0 Å². The van der Waals surface area contributed by atoms with Gasteiger partial charge in [-0.1, -0.05) is 12.1 Å². The molecule has 2 rings (SSSR count). The van der Waals surface area contributed by atoms with Gasteiger partial charge in [-0.05, 0) is 36.5 Å². The van der Waals surface area contributed by atoms with Crippen molar-refractivity contribution < 1.29 is 10.0 Å². The van der Waals surface area contributed by atoms with Crippen LogP contribution in [0.25, 0.3) is 0 Å². The molecule has 0 bridgehead atoms. The number of amides is 1. The molecule has 13 heavy (non-hydrogen) atoms. The van der Waals surface area contributed by atoms with E-state index in [1.54, 1.807) is 11.5 Å². The molecule has 1 amide bonds. The van der Waals surface area contributed by atoms with Crippen molar-refractivity contribution in [3.05, 3.63) is 35.4 Å². The van der Waals surface area contributed by atoms with E-state index in [-0.39, 0.29) is 0 Å². The molecule has 1 aliphatic carbocycles. The Morgan fingerprint density at radius 2 is 2.23 bits per heavy atom. The predicted molar refractivity (Wildman–Crippen MR) is 47.7 cm³/mol. The quantitative estimate of drug-likeness (QED) is 0.533. The molecule has 0 spiro atoms. The molecule has 0 saturated heterocycles. The zero-order valence-electron chi connectivity index (χ0n) is 7.16. The maximum Gasteiger partial charge on any atom is 0.274 e. The lowest BCUT2D eigenvalue weighted by molar-refractivity contribution is 0.0706. The van der Waals surface area contributed by atoms with Crippen LogP contribution in [0, 0.1) is 0 Å². The predicted octanol–water partition coefficient (Wildman–Crippen LogP) is 1.68. The highest BCUT2D eigenvalue weighted by molar-refractivity contribution is 5.93. The van der Waals surface area contributed by atoms with Crippen LogP contribution >= 0.6 is 0 Å². The molecule has 0 aromatic heterocycles. The van der Waals surface area contributed by atoms with Crippen molar-refractivity contribution in [1.82, 2.24) is 5.48 Å². The Bertz CT molecular complexity index is 331. The summed E-state index contributed by atoms with van der Waals surface area (Å²) in [7, 11) is 0. The first kappa shape index (κ1) is 8.26. The first-order chi connectivity index (χ1) is 6.31. The minimum atomic E-state index is -0.442. The lowest BCUT2D eigenvalue weighted by atomic mass is 10.1. The lowest BCUT2D eigenvalue weighted by Crippen LogP contribution is -2.18. The highest BCUT2D eigenvalue weighted by Gasteiger charge is 2.23. The molecule has 0 unspecified atom stereocenters. The van der Waals surface area contributed by atoms with E-state index in [1.165, 1.54) is 18.4 Å². The molecule has 0 aliphatic heterocycles. The number of rotatable bonds is 2. The second-order valence-electron chi connectivity index (χ2n) is 3.34. The summed E-state index contributed by atoms with van der Waals surface area (Å²) in [6.07, 6.45) is 2.42. The summed E-state index contributed by atoms with van der Waals surface area (Å²) in [5.74, 6) is 0.189. The summed E-state index contributed by atoms with van der Waals surface area (Å²) in [4.78, 5) is 11.0. The first-order valence-corrected chi connectivity index (χ1v) is 4.35. The van der Waals surface area contributed by atoms with E-state index in [0.29, 0.717) is 11.5 Å². The summed E-state index contributed by atoms with van der Waals surface area (Å²) in [6.45, 7) is 0. The van der Waals surface area contributed by atoms with Gasteiger partial charge < -0.3 is 0 Å². The highest BCUT2D eigenvalue weighted by atomic mass is 16.5. The van der Waals surface area contributed by atoms with Crippen LogP contribution in [-0.2, 0) is 0 Å². The number of nitrogens with one attached hydrogen (secondary N) is 1. The van der Waals surface area contributed by atoms with E-state index in [1.807, 2.05) is 18.2 Å². The maximum atomic E-state index is 11.0. The van der Waals surface area contributed by atoms with Gasteiger partial charge in [-0.2, -0.15) is 0 Å². The van der Waals surface area contributed by atoms with Gasteiger partial charge in [-0.3, -0.25) is 10.0 Å². The van der Waals surface area contributed by atoms with Gasteiger partial charge >= 0.3 is 0 Å². The summed E-state index contributed by atoms with van der Waals surface area (Å²) in [5, 5.41) is 8.43. The molecular weight excluding hydrogens is 166 g/mol. The molecule has 2 N–H and O–H groups in total. The van der Waals surface area contributed by atoms with Gasteiger partial charge in [0.1, 0.15) is 0 Å². The molecule has 3 heteroatoms. The van der Waals surface area contributed by atoms with Crippen molar-refractivity contribution in [2.45, 2.75) is 18.8 Å². The van der Waals surface area contributed by atoms with Crippen LogP contribution in [0.5, 0.6) is 0 Å². The molecule has 0 atom stereocenters. The van der Waals surface area contributed by atoms with Gasteiger partial charge in [-0.25, -0.2) is 5.48 Å². The van der Waals surface area contributed by atoms with Gasteiger partial charge in [0, 0.05) is 5.56 Å². The normalized spacial score (nSPS) is 15.5. The molecule has 1 aromatic rings. The average molecular weight is 177 g/mol. The average Bonchev–Trinajstić information content (AvgIpc) is 3.00. The van der Waals surface area contributed by atoms with Crippen molar-refractivity contribution in [3.8, 4) is 0 Å². The number of benzene rings is 1. The third kappa shape index (κ3) is 1.70. The second-order valence-corrected chi connectivity index (χ2v) is 3.34. The zero-order chi connectivity index (χ0) is 9.26. The molecule has 1 aromatic carbocycles. The van der Waals surface area contributed by atoms with Gasteiger partial charge in [-0.15, -0.1) is 0 Å². The van der Waals surface area contributed by atoms with E-state index in [4.69, 9.17) is 5.21 Å². The topological polar surface area (TPSA) is 49.3 Å². The lowest BCUT2D eigenvalue weighted by Gasteiger charge is -2.01. The SMILES string of the molecule is O=C(NO)c1cccc(C2CC2)c1. The van der Waals surface area contributed by atoms with Crippen molar-refractivity contribution in [3.63, 3.8) is 0 Å². The summed E-state index contributed by atoms with van der Waals surface area (Å²) >= 11 is 0. The number of hydrogen-bond donors (Lipinski definition) is 2. The number of carbonyl (C=O) groups is 1. The molecule has 1 saturated carbocycles. The fraction of sp³-hybridized carbons (Fsp3) is 0.300.